The van der Waals surface area contributed by atoms with Crippen molar-refractivity contribution in [3.05, 3.63) is 60.7 Å². The minimum absolute atomic E-state index is 0.839. The highest BCUT2D eigenvalue weighted by atomic mass is 15.1. The van der Waals surface area contributed by atoms with Crippen LogP contribution >= 0.6 is 0 Å². The number of hydrogen-bond donors (Lipinski definition) is 0. The predicted octanol–water partition coefficient (Wildman–Crippen LogP) is 4.81. The van der Waals surface area contributed by atoms with Gasteiger partial charge in [0.05, 0.1) is 11.4 Å². The summed E-state index contributed by atoms with van der Waals surface area (Å²) in [5, 5.41) is 8.60. The Morgan fingerprint density at radius 1 is 0.947 bits per heavy atom. The second-order valence-electron chi connectivity index (χ2n) is 4.35. The molecule has 0 fully saturated rings. The topological polar surface area (TPSA) is 28.0 Å². The number of anilines is 1. The lowest BCUT2D eigenvalue weighted by molar-refractivity contribution is 1.11. The zero-order valence-electron chi connectivity index (χ0n) is 11.2. The molecule has 0 amide bonds. The number of azo groups is 1. The fourth-order valence-electron chi connectivity index (χ4n) is 1.89. The summed E-state index contributed by atoms with van der Waals surface area (Å²) in [6.45, 7) is 3.83. The van der Waals surface area contributed by atoms with Crippen LogP contribution in [0.25, 0.3) is 6.08 Å². The van der Waals surface area contributed by atoms with Crippen molar-refractivity contribution in [1.29, 1.82) is 0 Å². The number of para-hydroxylation sites is 1. The van der Waals surface area contributed by atoms with Crippen molar-refractivity contribution in [2.45, 2.75) is 0 Å². The Hall–Kier alpha value is -2.42. The van der Waals surface area contributed by atoms with Crippen molar-refractivity contribution in [3.63, 3.8) is 0 Å². The van der Waals surface area contributed by atoms with E-state index in [1.165, 1.54) is 0 Å². The molecule has 0 aliphatic heterocycles. The fourth-order valence-corrected chi connectivity index (χ4v) is 1.89. The molecule has 96 valence electrons. The first-order valence-corrected chi connectivity index (χ1v) is 6.12. The van der Waals surface area contributed by atoms with Crippen LogP contribution in [0, 0.1) is 0 Å². The summed E-state index contributed by atoms with van der Waals surface area (Å²) in [7, 11) is 3.98. The predicted molar refractivity (Wildman–Crippen MR) is 81.5 cm³/mol. The van der Waals surface area contributed by atoms with Crippen LogP contribution in [-0.2, 0) is 0 Å². The van der Waals surface area contributed by atoms with Gasteiger partial charge in [-0.2, -0.15) is 5.11 Å². The van der Waals surface area contributed by atoms with Crippen LogP contribution in [0.4, 0.5) is 17.1 Å². The van der Waals surface area contributed by atoms with E-state index in [1.54, 1.807) is 0 Å². The average molecular weight is 251 g/mol. The van der Waals surface area contributed by atoms with E-state index in [0.717, 1.165) is 22.6 Å². The largest absolute Gasteiger partial charge is 0.375 e. The number of hydrogen-bond acceptors (Lipinski definition) is 3. The summed E-state index contributed by atoms with van der Waals surface area (Å²) in [6.07, 6.45) is 1.83. The lowest BCUT2D eigenvalue weighted by Crippen LogP contribution is -2.10. The van der Waals surface area contributed by atoms with Gasteiger partial charge in [-0.05, 0) is 23.8 Å². The van der Waals surface area contributed by atoms with Crippen LogP contribution in [0.3, 0.4) is 0 Å². The highest BCUT2D eigenvalue weighted by Gasteiger charge is 2.07. The zero-order chi connectivity index (χ0) is 13.7. The van der Waals surface area contributed by atoms with Crippen molar-refractivity contribution in [3.8, 4) is 0 Å². The number of rotatable bonds is 4. The van der Waals surface area contributed by atoms with Crippen molar-refractivity contribution >= 4 is 23.1 Å². The van der Waals surface area contributed by atoms with Gasteiger partial charge < -0.3 is 4.90 Å². The van der Waals surface area contributed by atoms with Gasteiger partial charge in [-0.3, -0.25) is 0 Å². The van der Waals surface area contributed by atoms with Gasteiger partial charge in [-0.15, -0.1) is 5.11 Å². The monoisotopic (exact) mass is 251 g/mol. The maximum atomic E-state index is 4.34. The van der Waals surface area contributed by atoms with Gasteiger partial charge in [0.15, 0.2) is 0 Å². The number of nitrogens with zero attached hydrogens (tertiary/aromatic N) is 3. The maximum absolute atomic E-state index is 4.34. The molecule has 0 unspecified atom stereocenters. The van der Waals surface area contributed by atoms with E-state index in [0.29, 0.717) is 0 Å². The highest BCUT2D eigenvalue weighted by Crippen LogP contribution is 2.33. The molecule has 3 heteroatoms. The summed E-state index contributed by atoms with van der Waals surface area (Å²) in [5.74, 6) is 0. The van der Waals surface area contributed by atoms with E-state index in [4.69, 9.17) is 0 Å². The van der Waals surface area contributed by atoms with Crippen LogP contribution in [0.2, 0.25) is 0 Å². The molecule has 3 nitrogen and oxygen atoms in total. The van der Waals surface area contributed by atoms with E-state index in [1.807, 2.05) is 73.6 Å². The van der Waals surface area contributed by atoms with E-state index in [2.05, 4.69) is 16.8 Å². The van der Waals surface area contributed by atoms with Crippen LogP contribution < -0.4 is 4.90 Å². The molecule has 0 atom stereocenters. The second kappa shape index (κ2) is 5.96. The molecule has 0 N–H and O–H groups in total. The highest BCUT2D eigenvalue weighted by molar-refractivity contribution is 5.77. The van der Waals surface area contributed by atoms with Crippen molar-refractivity contribution in [2.24, 2.45) is 10.2 Å². The van der Waals surface area contributed by atoms with Crippen molar-refractivity contribution in [2.75, 3.05) is 19.0 Å². The molecule has 0 spiro atoms. The fraction of sp³-hybridized carbons (Fsp3) is 0.125. The third kappa shape index (κ3) is 3.07. The first-order valence-electron chi connectivity index (χ1n) is 6.12. The Morgan fingerprint density at radius 2 is 1.68 bits per heavy atom. The molecular weight excluding hydrogens is 234 g/mol. The van der Waals surface area contributed by atoms with Crippen LogP contribution in [0.15, 0.2) is 65.3 Å². The first kappa shape index (κ1) is 13.0. The van der Waals surface area contributed by atoms with Gasteiger partial charge in [0.25, 0.3) is 0 Å². The van der Waals surface area contributed by atoms with E-state index in [9.17, 15) is 0 Å². The van der Waals surface area contributed by atoms with Gasteiger partial charge in [0.2, 0.25) is 0 Å². The summed E-state index contributed by atoms with van der Waals surface area (Å²) < 4.78 is 0. The van der Waals surface area contributed by atoms with Gasteiger partial charge in [-0.25, -0.2) is 0 Å². The third-order valence-electron chi connectivity index (χ3n) is 2.74. The zero-order valence-corrected chi connectivity index (χ0v) is 11.2. The van der Waals surface area contributed by atoms with Crippen LogP contribution in [0.5, 0.6) is 0 Å². The van der Waals surface area contributed by atoms with Gasteiger partial charge in [0.1, 0.15) is 5.69 Å². The molecule has 19 heavy (non-hydrogen) atoms. The quantitative estimate of drug-likeness (QED) is 0.716. The van der Waals surface area contributed by atoms with Crippen LogP contribution in [0.1, 0.15) is 5.56 Å². The molecule has 0 aromatic heterocycles. The SMILES string of the molecule is C=Cc1cccc(N=Nc2ccccc2)c1N(C)C. The minimum Gasteiger partial charge on any atom is -0.375 e. The normalized spacial score (nSPS) is 10.6. The number of benzene rings is 2. The molecular formula is C16H17N3. The maximum Gasteiger partial charge on any atom is 0.110 e. The Labute approximate surface area is 113 Å². The molecule has 0 heterocycles. The Kier molecular flexibility index (Phi) is 4.08. The Morgan fingerprint density at radius 3 is 2.32 bits per heavy atom. The molecule has 2 aromatic carbocycles. The minimum atomic E-state index is 0.839. The Balaban J connectivity index is 2.40. The standard InChI is InChI=1S/C16H17N3/c1-4-13-9-8-12-15(16(13)19(2)3)18-17-14-10-6-5-7-11-14/h4-12H,1H2,2-3H3. The average Bonchev–Trinajstić information content (AvgIpc) is 2.45. The first-order chi connectivity index (χ1) is 9.22. The summed E-state index contributed by atoms with van der Waals surface area (Å²) in [5.41, 5.74) is 3.76. The lowest BCUT2D eigenvalue weighted by Gasteiger charge is -2.17. The molecule has 2 rings (SSSR count). The summed E-state index contributed by atoms with van der Waals surface area (Å²) >= 11 is 0. The summed E-state index contributed by atoms with van der Waals surface area (Å²) in [4.78, 5) is 2.02. The molecule has 0 radical (unpaired) electrons. The van der Waals surface area contributed by atoms with Gasteiger partial charge >= 0.3 is 0 Å². The van der Waals surface area contributed by atoms with Gasteiger partial charge in [0, 0.05) is 14.1 Å². The molecule has 0 bridgehead atoms. The van der Waals surface area contributed by atoms with E-state index >= 15 is 0 Å². The molecule has 0 saturated heterocycles. The smallest absolute Gasteiger partial charge is 0.110 e. The van der Waals surface area contributed by atoms with E-state index < -0.39 is 0 Å². The Bertz CT molecular complexity index is 586. The molecule has 2 aromatic rings. The van der Waals surface area contributed by atoms with Crippen molar-refractivity contribution < 1.29 is 0 Å². The van der Waals surface area contributed by atoms with Gasteiger partial charge in [-0.1, -0.05) is 43.0 Å². The molecule has 0 aliphatic rings. The van der Waals surface area contributed by atoms with E-state index in [-0.39, 0.29) is 0 Å². The molecule has 0 aliphatic carbocycles. The van der Waals surface area contributed by atoms with Crippen molar-refractivity contribution in [1.82, 2.24) is 0 Å². The second-order valence-corrected chi connectivity index (χ2v) is 4.35. The third-order valence-corrected chi connectivity index (χ3v) is 2.74. The van der Waals surface area contributed by atoms with Crippen LogP contribution in [-0.4, -0.2) is 14.1 Å². The summed E-state index contributed by atoms with van der Waals surface area (Å²) in [6, 6.07) is 15.6. The molecule has 0 saturated carbocycles. The lowest BCUT2D eigenvalue weighted by atomic mass is 10.1.